The highest BCUT2D eigenvalue weighted by Gasteiger charge is 2.44. The Morgan fingerprint density at radius 3 is 1.25 bits per heavy atom. The van der Waals surface area contributed by atoms with E-state index in [0.717, 1.165) is 121 Å². The molecular formula is C90H96N2O5S2. The zero-order valence-electron chi connectivity index (χ0n) is 58.0. The molecule has 0 spiro atoms. The van der Waals surface area contributed by atoms with Crippen LogP contribution in [0.1, 0.15) is 142 Å². The number of anilines is 2. The maximum atomic E-state index is 14.5. The van der Waals surface area contributed by atoms with Crippen LogP contribution in [0.4, 0.5) is 11.4 Å². The fourth-order valence-electron chi connectivity index (χ4n) is 13.4. The fraction of sp³-hybridized carbons (Fsp3) is 0.267. The predicted octanol–water partition coefficient (Wildman–Crippen LogP) is 22.9. The summed E-state index contributed by atoms with van der Waals surface area (Å²) >= 11 is 3.20. The van der Waals surface area contributed by atoms with Gasteiger partial charge in [-0.3, -0.25) is 0 Å². The Hall–Kier alpha value is -9.12. The highest BCUT2D eigenvalue weighted by molar-refractivity contribution is 8.03. The number of hydrogen-bond acceptors (Lipinski definition) is 8. The van der Waals surface area contributed by atoms with Crippen molar-refractivity contribution >= 4 is 46.8 Å². The largest absolute Gasteiger partial charge is 0.478 e. The van der Waals surface area contributed by atoms with Crippen molar-refractivity contribution in [1.29, 1.82) is 0 Å². The average molecular weight is 1350 g/mol. The van der Waals surface area contributed by atoms with Crippen molar-refractivity contribution in [2.45, 2.75) is 157 Å². The number of carbonyl (C=O) groups is 2. The molecule has 0 bridgehead atoms. The van der Waals surface area contributed by atoms with E-state index < -0.39 is 11.6 Å². The molecule has 7 nitrogen and oxygen atoms in total. The van der Waals surface area contributed by atoms with Gasteiger partial charge in [0.15, 0.2) is 0 Å². The number of carbonyl (C=O) groups excluding carboxylic acids is 1. The minimum atomic E-state index is -0.874. The maximum absolute atomic E-state index is 14.5. The van der Waals surface area contributed by atoms with Crippen molar-refractivity contribution in [3.8, 4) is 0 Å². The van der Waals surface area contributed by atoms with Crippen LogP contribution in [0.2, 0.25) is 0 Å². The first-order valence-corrected chi connectivity index (χ1v) is 37.2. The number of thioether (sulfide) groups is 2. The summed E-state index contributed by atoms with van der Waals surface area (Å²) in [5.74, 6) is -1.31. The van der Waals surface area contributed by atoms with Crippen LogP contribution in [0.3, 0.4) is 0 Å². The second kappa shape index (κ2) is 37.7. The van der Waals surface area contributed by atoms with E-state index in [0.29, 0.717) is 12.0 Å². The van der Waals surface area contributed by atoms with Gasteiger partial charge in [-0.2, -0.15) is 0 Å². The third-order valence-electron chi connectivity index (χ3n) is 18.7. The van der Waals surface area contributed by atoms with Crippen LogP contribution in [0.25, 0.3) is 0 Å². The van der Waals surface area contributed by atoms with Gasteiger partial charge in [-0.1, -0.05) is 307 Å². The van der Waals surface area contributed by atoms with Gasteiger partial charge >= 0.3 is 11.9 Å². The number of ether oxygens (including phenoxy) is 2. The lowest BCUT2D eigenvalue weighted by atomic mass is 9.80. The first kappa shape index (κ1) is 72.6. The van der Waals surface area contributed by atoms with Gasteiger partial charge in [0.05, 0.1) is 23.4 Å². The number of aliphatic carboxylic acids is 1. The first-order chi connectivity index (χ1) is 48.5. The van der Waals surface area contributed by atoms with Crippen LogP contribution in [0.5, 0.6) is 0 Å². The summed E-state index contributed by atoms with van der Waals surface area (Å²) in [5, 5.41) is 11.9. The summed E-state index contributed by atoms with van der Waals surface area (Å²) < 4.78 is 12.2. The predicted molar refractivity (Wildman–Crippen MR) is 413 cm³/mol. The SMILES string of the molecule is CCC[C@]1(CCc2ccccc2)CC(Sc2ccccc2)=C([C@@H](CC)c2cccc(N(Cc3ccccc3)Cc3ccccc3)c2)C(=O)O1.CCC[C@]1(CCc2ccccc2)CO1.CC[C@H](/C(=C\Sc1ccccc1)C(=O)O)c1cccc(N(Cc2ccccc2)Cc2ccccc2)c1. The number of rotatable bonds is 31. The monoisotopic (exact) mass is 1350 g/mol. The molecule has 0 amide bonds. The minimum Gasteiger partial charge on any atom is -0.478 e. The number of aryl methyl sites for hydroxylation is 2. The summed E-state index contributed by atoms with van der Waals surface area (Å²) in [5.41, 5.74) is 13.1. The molecule has 508 valence electrons. The Morgan fingerprint density at radius 2 is 0.848 bits per heavy atom. The zero-order chi connectivity index (χ0) is 68.9. The standard InChI is InChI=1S/C45H47NO2S.C32H31NO2S.C13H18O/c1-3-29-45(30-28-35-18-9-5-10-19-35)32-42(49-40-26-15-8-16-27-40)43(44(47)48-45)41(4-2)38-24-17-25-39(31-38)46(33-36-20-11-6-12-21-36)34-37-22-13-7-14-23-37;1-2-30(31(32(34)35)24-36-29-19-10-5-11-20-29)27-17-12-18-28(21-27)33(22-25-13-6-3-7-14-25)23-26-15-8-4-9-16-26;1-2-9-13(11-14-13)10-8-12-6-4-3-5-7-12/h5-27,31,41H,3-4,28-30,32-34H2,1-2H3;3-21,24,30H,2,22-23H2,1H3,(H,34,35);3-7H,2,8-11H2,1H3/b;31-24+;/t41-,45-;30-;13-/m000/s1. The van der Waals surface area contributed by atoms with Gasteiger partial charge in [-0.25, -0.2) is 9.59 Å². The van der Waals surface area contributed by atoms with E-state index in [1.165, 1.54) is 64.4 Å². The molecule has 1 saturated heterocycles. The summed E-state index contributed by atoms with van der Waals surface area (Å²) in [6.07, 6.45) is 10.5. The van der Waals surface area contributed by atoms with Crippen molar-refractivity contribution in [2.24, 2.45) is 0 Å². The second-order valence-corrected chi connectivity index (χ2v) is 28.1. The minimum absolute atomic E-state index is 0.0808. The molecule has 0 radical (unpaired) electrons. The van der Waals surface area contributed by atoms with Gasteiger partial charge in [0.2, 0.25) is 0 Å². The molecule has 0 unspecified atom stereocenters. The first-order valence-electron chi connectivity index (χ1n) is 35.5. The van der Waals surface area contributed by atoms with Gasteiger partial charge in [-0.15, -0.1) is 0 Å². The molecule has 1 fully saturated rings. The Kier molecular flexibility index (Phi) is 27.7. The van der Waals surface area contributed by atoms with Crippen molar-refractivity contribution in [3.05, 3.63) is 357 Å². The number of nitrogens with zero attached hydrogens (tertiary/aromatic N) is 2. The van der Waals surface area contributed by atoms with Gasteiger partial charge in [0.1, 0.15) is 5.60 Å². The Morgan fingerprint density at radius 1 is 0.465 bits per heavy atom. The summed E-state index contributed by atoms with van der Waals surface area (Å²) in [7, 11) is 0. The number of esters is 1. The van der Waals surface area contributed by atoms with E-state index in [1.54, 1.807) is 17.2 Å². The number of benzene rings is 10. The van der Waals surface area contributed by atoms with E-state index in [1.807, 2.05) is 67.6 Å². The van der Waals surface area contributed by atoms with Crippen LogP contribution in [-0.2, 0) is 58.1 Å². The Bertz CT molecular complexity index is 4020. The van der Waals surface area contributed by atoms with Crippen molar-refractivity contribution in [3.63, 3.8) is 0 Å². The van der Waals surface area contributed by atoms with Crippen molar-refractivity contribution in [1.82, 2.24) is 0 Å². The fourth-order valence-corrected chi connectivity index (χ4v) is 15.5. The lowest BCUT2D eigenvalue weighted by Gasteiger charge is -2.40. The van der Waals surface area contributed by atoms with Gasteiger partial charge in [0.25, 0.3) is 0 Å². The highest BCUT2D eigenvalue weighted by Crippen LogP contribution is 2.49. The molecule has 0 aliphatic carbocycles. The molecule has 1 N–H and O–H groups in total. The van der Waals surface area contributed by atoms with E-state index in [-0.39, 0.29) is 23.4 Å². The number of carboxylic acids is 1. The number of epoxide rings is 1. The van der Waals surface area contributed by atoms with E-state index in [4.69, 9.17) is 9.47 Å². The lowest BCUT2D eigenvalue weighted by molar-refractivity contribution is -0.159. The number of carboxylic acid groups (broad SMARTS) is 1. The zero-order valence-corrected chi connectivity index (χ0v) is 59.7. The van der Waals surface area contributed by atoms with Crippen molar-refractivity contribution < 1.29 is 24.2 Å². The summed E-state index contributed by atoms with van der Waals surface area (Å²) in [6.45, 7) is 12.7. The lowest BCUT2D eigenvalue weighted by Crippen LogP contribution is -2.41. The average Bonchev–Trinajstić information content (AvgIpc) is 1.67. The molecular weight excluding hydrogens is 1250 g/mol. The topological polar surface area (TPSA) is 82.6 Å². The van der Waals surface area contributed by atoms with Crippen LogP contribution >= 0.6 is 23.5 Å². The van der Waals surface area contributed by atoms with Gasteiger partial charge < -0.3 is 24.4 Å². The molecule has 2 heterocycles. The van der Waals surface area contributed by atoms with Gasteiger partial charge in [-0.05, 0) is 150 Å². The molecule has 0 saturated carbocycles. The summed E-state index contributed by atoms with van der Waals surface area (Å²) in [6, 6.07) is 101. The second-order valence-electron chi connectivity index (χ2n) is 26.0. The quantitative estimate of drug-likeness (QED) is 0.0198. The molecule has 10 aromatic carbocycles. The summed E-state index contributed by atoms with van der Waals surface area (Å²) in [4.78, 5) is 34.9. The highest BCUT2D eigenvalue weighted by atomic mass is 32.2. The normalized spacial score (nSPS) is 16.2. The molecule has 0 aromatic heterocycles. The molecule has 12 rings (SSSR count). The smallest absolute Gasteiger partial charge is 0.336 e. The van der Waals surface area contributed by atoms with Crippen molar-refractivity contribution in [2.75, 3.05) is 16.4 Å². The molecule has 10 aromatic rings. The van der Waals surface area contributed by atoms with Crippen LogP contribution < -0.4 is 9.80 Å². The third kappa shape index (κ3) is 21.9. The molecule has 99 heavy (non-hydrogen) atoms. The van der Waals surface area contributed by atoms with Gasteiger partial charge in [0, 0.05) is 70.5 Å². The number of cyclic esters (lactones) is 1. The number of hydrogen-bond donors (Lipinski definition) is 1. The maximum Gasteiger partial charge on any atom is 0.336 e. The Balaban J connectivity index is 0.000000184. The molecule has 2 aliphatic rings. The third-order valence-corrected chi connectivity index (χ3v) is 20.7. The van der Waals surface area contributed by atoms with Crippen LogP contribution in [0.15, 0.2) is 322 Å². The molecule has 4 atom stereocenters. The van der Waals surface area contributed by atoms with E-state index in [2.05, 4.69) is 261 Å². The Labute approximate surface area is 598 Å². The molecule has 2 aliphatic heterocycles. The van der Waals surface area contributed by atoms with Crippen LogP contribution in [-0.4, -0.2) is 34.9 Å². The van der Waals surface area contributed by atoms with E-state index >= 15 is 0 Å². The van der Waals surface area contributed by atoms with E-state index in [9.17, 15) is 14.7 Å². The van der Waals surface area contributed by atoms with Crippen LogP contribution in [0, 0.1) is 0 Å². The molecule has 9 heteroatoms.